The first-order valence-electron chi connectivity index (χ1n) is 3.54. The maximum absolute atomic E-state index is 10.5. The number of rotatable bonds is 3. The average Bonchev–Trinajstić information content (AvgIpc) is 2.05. The molecule has 0 aliphatic rings. The van der Waals surface area contributed by atoms with Gasteiger partial charge in [-0.25, -0.2) is 0 Å². The summed E-state index contributed by atoms with van der Waals surface area (Å²) in [6, 6.07) is 0. The second-order valence-corrected chi connectivity index (χ2v) is 2.12. The quantitative estimate of drug-likeness (QED) is 0.682. The summed E-state index contributed by atoms with van der Waals surface area (Å²) in [6.45, 7) is 2.23. The van der Waals surface area contributed by atoms with E-state index in [4.69, 9.17) is 9.84 Å². The Bertz CT molecular complexity index is 286. The van der Waals surface area contributed by atoms with Crippen molar-refractivity contribution >= 4 is 6.29 Å². The van der Waals surface area contributed by atoms with Crippen molar-refractivity contribution < 1.29 is 14.6 Å². The first kappa shape index (κ1) is 8.52. The lowest BCUT2D eigenvalue weighted by Crippen LogP contribution is -1.96. The molecule has 0 radical (unpaired) electrons. The summed E-state index contributed by atoms with van der Waals surface area (Å²) in [5.74, 6) is 0.156. The zero-order valence-corrected chi connectivity index (χ0v) is 6.65. The molecule has 0 saturated heterocycles. The molecule has 0 aromatic carbocycles. The van der Waals surface area contributed by atoms with Crippen LogP contribution < -0.4 is 4.74 Å². The number of aromatic hydroxyl groups is 1. The SMILES string of the molecule is CCOc1cncc(O)c1C=O. The van der Waals surface area contributed by atoms with Gasteiger partial charge in [-0.15, -0.1) is 0 Å². The normalized spacial score (nSPS) is 9.42. The average molecular weight is 167 g/mol. The minimum atomic E-state index is -0.157. The fraction of sp³-hybridized carbons (Fsp3) is 0.250. The van der Waals surface area contributed by atoms with E-state index in [1.165, 1.54) is 12.4 Å². The van der Waals surface area contributed by atoms with Crippen molar-refractivity contribution in [1.29, 1.82) is 0 Å². The number of hydrogen-bond donors (Lipinski definition) is 1. The Morgan fingerprint density at radius 2 is 2.42 bits per heavy atom. The molecule has 1 rings (SSSR count). The number of pyridine rings is 1. The lowest BCUT2D eigenvalue weighted by atomic mass is 10.2. The van der Waals surface area contributed by atoms with E-state index < -0.39 is 0 Å². The molecule has 0 unspecified atom stereocenters. The Labute approximate surface area is 69.8 Å². The molecular formula is C8H9NO3. The van der Waals surface area contributed by atoms with Crippen LogP contribution in [0.15, 0.2) is 12.4 Å². The molecule has 1 aromatic rings. The predicted molar refractivity (Wildman–Crippen MR) is 42.5 cm³/mol. The molecular weight excluding hydrogens is 158 g/mol. The van der Waals surface area contributed by atoms with Crippen molar-refractivity contribution in [2.75, 3.05) is 6.61 Å². The minimum Gasteiger partial charge on any atom is -0.505 e. The second-order valence-electron chi connectivity index (χ2n) is 2.12. The summed E-state index contributed by atoms with van der Waals surface area (Å²) in [5, 5.41) is 9.14. The Balaban J connectivity index is 3.09. The van der Waals surface area contributed by atoms with Gasteiger partial charge < -0.3 is 9.84 Å². The highest BCUT2D eigenvalue weighted by Crippen LogP contribution is 2.23. The van der Waals surface area contributed by atoms with Gasteiger partial charge in [0, 0.05) is 0 Å². The largest absolute Gasteiger partial charge is 0.505 e. The van der Waals surface area contributed by atoms with Gasteiger partial charge in [-0.1, -0.05) is 0 Å². The van der Waals surface area contributed by atoms with Crippen LogP contribution in [0.25, 0.3) is 0 Å². The fourth-order valence-corrected chi connectivity index (χ4v) is 0.830. The van der Waals surface area contributed by atoms with E-state index in [1.807, 2.05) is 0 Å². The van der Waals surface area contributed by atoms with Crippen molar-refractivity contribution in [3.05, 3.63) is 18.0 Å². The van der Waals surface area contributed by atoms with Gasteiger partial charge >= 0.3 is 0 Å². The van der Waals surface area contributed by atoms with Crippen LogP contribution in [-0.2, 0) is 0 Å². The summed E-state index contributed by atoms with van der Waals surface area (Å²) in [6.07, 6.45) is 3.14. The molecule has 4 nitrogen and oxygen atoms in total. The Morgan fingerprint density at radius 1 is 1.67 bits per heavy atom. The number of nitrogens with zero attached hydrogens (tertiary/aromatic N) is 1. The van der Waals surface area contributed by atoms with Crippen molar-refractivity contribution in [3.63, 3.8) is 0 Å². The lowest BCUT2D eigenvalue weighted by Gasteiger charge is -2.05. The van der Waals surface area contributed by atoms with Gasteiger partial charge in [0.05, 0.1) is 19.0 Å². The first-order valence-corrected chi connectivity index (χ1v) is 3.54. The van der Waals surface area contributed by atoms with Crippen LogP contribution in [0.4, 0.5) is 0 Å². The van der Waals surface area contributed by atoms with Crippen LogP contribution in [-0.4, -0.2) is 23.0 Å². The summed E-state index contributed by atoms with van der Waals surface area (Å²) in [7, 11) is 0. The number of ether oxygens (including phenoxy) is 1. The molecule has 0 fully saturated rings. The Morgan fingerprint density at radius 3 is 3.00 bits per heavy atom. The van der Waals surface area contributed by atoms with Crippen LogP contribution in [0.3, 0.4) is 0 Å². The summed E-state index contributed by atoms with van der Waals surface area (Å²) in [4.78, 5) is 14.1. The first-order chi connectivity index (χ1) is 5.79. The predicted octanol–water partition coefficient (Wildman–Crippen LogP) is 0.998. The van der Waals surface area contributed by atoms with Gasteiger partial charge in [0.25, 0.3) is 0 Å². The van der Waals surface area contributed by atoms with E-state index in [1.54, 1.807) is 6.92 Å². The van der Waals surface area contributed by atoms with Gasteiger partial charge in [-0.3, -0.25) is 9.78 Å². The van der Waals surface area contributed by atoms with Crippen LogP contribution >= 0.6 is 0 Å². The molecule has 12 heavy (non-hydrogen) atoms. The molecule has 0 aliphatic heterocycles. The number of aromatic nitrogens is 1. The molecule has 0 bridgehead atoms. The second kappa shape index (κ2) is 3.71. The molecule has 0 amide bonds. The van der Waals surface area contributed by atoms with E-state index in [0.717, 1.165) is 0 Å². The molecule has 1 heterocycles. The molecule has 0 saturated carbocycles. The van der Waals surface area contributed by atoms with Crippen LogP contribution in [0.2, 0.25) is 0 Å². The van der Waals surface area contributed by atoms with Gasteiger partial charge in [0.2, 0.25) is 0 Å². The highest BCUT2D eigenvalue weighted by atomic mass is 16.5. The standard InChI is InChI=1S/C8H9NO3/c1-2-12-8-4-9-3-7(11)6(8)5-10/h3-5,11H,2H2,1H3. The fourth-order valence-electron chi connectivity index (χ4n) is 0.830. The maximum Gasteiger partial charge on any atom is 0.157 e. The van der Waals surface area contributed by atoms with Gasteiger partial charge in [0.15, 0.2) is 12.0 Å². The van der Waals surface area contributed by atoms with Crippen molar-refractivity contribution in [3.8, 4) is 11.5 Å². The van der Waals surface area contributed by atoms with E-state index in [9.17, 15) is 4.79 Å². The van der Waals surface area contributed by atoms with Crippen molar-refractivity contribution in [2.45, 2.75) is 6.92 Å². The van der Waals surface area contributed by atoms with Crippen LogP contribution in [0, 0.1) is 0 Å². The number of carbonyl (C=O) groups excluding carboxylic acids is 1. The van der Waals surface area contributed by atoms with Crippen molar-refractivity contribution in [2.24, 2.45) is 0 Å². The third-order valence-corrected chi connectivity index (χ3v) is 1.35. The Kier molecular flexibility index (Phi) is 2.63. The van der Waals surface area contributed by atoms with Gasteiger partial charge in [0.1, 0.15) is 11.3 Å². The number of carbonyl (C=O) groups is 1. The molecule has 64 valence electrons. The zero-order chi connectivity index (χ0) is 8.97. The van der Waals surface area contributed by atoms with E-state index in [2.05, 4.69) is 4.98 Å². The minimum absolute atomic E-state index is 0.145. The van der Waals surface area contributed by atoms with E-state index >= 15 is 0 Å². The molecule has 1 aromatic heterocycles. The maximum atomic E-state index is 10.5. The number of hydrogen-bond acceptors (Lipinski definition) is 4. The lowest BCUT2D eigenvalue weighted by molar-refractivity contribution is 0.111. The van der Waals surface area contributed by atoms with E-state index in [-0.39, 0.29) is 11.3 Å². The topological polar surface area (TPSA) is 59.4 Å². The number of aldehydes is 1. The molecule has 0 aliphatic carbocycles. The smallest absolute Gasteiger partial charge is 0.157 e. The van der Waals surface area contributed by atoms with Gasteiger partial charge in [-0.05, 0) is 6.92 Å². The molecule has 4 heteroatoms. The monoisotopic (exact) mass is 167 g/mol. The van der Waals surface area contributed by atoms with Crippen molar-refractivity contribution in [1.82, 2.24) is 4.98 Å². The Hall–Kier alpha value is -1.58. The van der Waals surface area contributed by atoms with Crippen LogP contribution in [0.1, 0.15) is 17.3 Å². The highest BCUT2D eigenvalue weighted by molar-refractivity contribution is 5.82. The van der Waals surface area contributed by atoms with E-state index in [0.29, 0.717) is 18.6 Å². The third kappa shape index (κ3) is 1.53. The third-order valence-electron chi connectivity index (χ3n) is 1.35. The highest BCUT2D eigenvalue weighted by Gasteiger charge is 2.07. The zero-order valence-electron chi connectivity index (χ0n) is 6.65. The molecule has 1 N–H and O–H groups in total. The molecule has 0 atom stereocenters. The molecule has 0 spiro atoms. The summed E-state index contributed by atoms with van der Waals surface area (Å²) < 4.78 is 5.05. The van der Waals surface area contributed by atoms with Gasteiger partial charge in [-0.2, -0.15) is 0 Å². The van der Waals surface area contributed by atoms with Crippen LogP contribution in [0.5, 0.6) is 11.5 Å². The summed E-state index contributed by atoms with van der Waals surface area (Å²) >= 11 is 0. The summed E-state index contributed by atoms with van der Waals surface area (Å²) in [5.41, 5.74) is 0.145.